The molecule has 1 saturated heterocycles. The van der Waals surface area contributed by atoms with Gasteiger partial charge < -0.3 is 9.64 Å². The van der Waals surface area contributed by atoms with Crippen molar-refractivity contribution in [3.05, 3.63) is 22.9 Å². The predicted molar refractivity (Wildman–Crippen MR) is 68.9 cm³/mol. The van der Waals surface area contributed by atoms with Gasteiger partial charge in [-0.1, -0.05) is 0 Å². The lowest BCUT2D eigenvalue weighted by Gasteiger charge is -2.32. The normalized spacial score (nSPS) is 16.9. The van der Waals surface area contributed by atoms with E-state index in [-0.39, 0.29) is 11.9 Å². The fourth-order valence-corrected chi connectivity index (χ4v) is 2.47. The summed E-state index contributed by atoms with van der Waals surface area (Å²) in [5.41, 5.74) is 1.10. The van der Waals surface area contributed by atoms with Crippen molar-refractivity contribution in [2.24, 2.45) is 5.92 Å². The second kappa shape index (κ2) is 5.49. The number of halogens is 1. The van der Waals surface area contributed by atoms with Gasteiger partial charge in [0.25, 0.3) is 0 Å². The Bertz CT molecular complexity index is 403. The molecule has 17 heavy (non-hydrogen) atoms. The molecule has 1 fully saturated rings. The monoisotopic (exact) mass is 298 g/mol. The van der Waals surface area contributed by atoms with E-state index < -0.39 is 0 Å². The Morgan fingerprint density at radius 2 is 2.18 bits per heavy atom. The molecule has 1 aromatic heterocycles. The second-order valence-corrected chi connectivity index (χ2v) is 5.06. The number of hydrogen-bond acceptors (Lipinski definition) is 4. The second-order valence-electron chi connectivity index (χ2n) is 4.15. The molecule has 0 aliphatic carbocycles. The number of piperidine rings is 1. The van der Waals surface area contributed by atoms with Crippen LogP contribution in [-0.4, -0.2) is 31.2 Å². The predicted octanol–water partition coefficient (Wildman–Crippen LogP) is 2.23. The summed E-state index contributed by atoms with van der Waals surface area (Å²) in [5.74, 6) is -0.0339. The first kappa shape index (κ1) is 12.4. The number of ether oxygens (including phenoxy) is 1. The van der Waals surface area contributed by atoms with Crippen molar-refractivity contribution in [1.29, 1.82) is 0 Å². The molecule has 0 bridgehead atoms. The van der Waals surface area contributed by atoms with Crippen LogP contribution in [-0.2, 0) is 9.53 Å². The van der Waals surface area contributed by atoms with Gasteiger partial charge >= 0.3 is 5.97 Å². The maximum atomic E-state index is 11.4. The molecule has 1 aliphatic rings. The van der Waals surface area contributed by atoms with E-state index in [2.05, 4.69) is 25.8 Å². The lowest BCUT2D eigenvalue weighted by atomic mass is 9.97. The molecule has 0 atom stereocenters. The smallest absolute Gasteiger partial charge is 0.308 e. The van der Waals surface area contributed by atoms with Crippen molar-refractivity contribution >= 4 is 27.6 Å². The third-order valence-electron chi connectivity index (χ3n) is 3.09. The first-order valence-electron chi connectivity index (χ1n) is 5.64. The van der Waals surface area contributed by atoms with E-state index in [1.807, 2.05) is 12.3 Å². The van der Waals surface area contributed by atoms with Crippen LogP contribution in [0.1, 0.15) is 12.8 Å². The van der Waals surface area contributed by atoms with Crippen molar-refractivity contribution < 1.29 is 9.53 Å². The van der Waals surface area contributed by atoms with Gasteiger partial charge in [-0.2, -0.15) is 0 Å². The summed E-state index contributed by atoms with van der Waals surface area (Å²) in [4.78, 5) is 17.8. The molecule has 0 radical (unpaired) electrons. The minimum atomic E-state index is -0.0861. The van der Waals surface area contributed by atoms with E-state index >= 15 is 0 Å². The molecular weight excluding hydrogens is 284 g/mol. The molecule has 0 amide bonds. The van der Waals surface area contributed by atoms with Crippen LogP contribution in [0.3, 0.4) is 0 Å². The summed E-state index contributed by atoms with van der Waals surface area (Å²) in [7, 11) is 1.45. The van der Waals surface area contributed by atoms with Crippen LogP contribution in [0.15, 0.2) is 22.9 Å². The number of anilines is 1. The quantitative estimate of drug-likeness (QED) is 0.785. The fourth-order valence-electron chi connectivity index (χ4n) is 2.11. The summed E-state index contributed by atoms with van der Waals surface area (Å²) >= 11 is 3.41. The van der Waals surface area contributed by atoms with E-state index in [4.69, 9.17) is 4.74 Å². The van der Waals surface area contributed by atoms with Crippen LogP contribution in [0.4, 0.5) is 5.69 Å². The molecule has 0 N–H and O–H groups in total. The third kappa shape index (κ3) is 2.97. The molecule has 1 aliphatic heterocycles. The average molecular weight is 299 g/mol. The van der Waals surface area contributed by atoms with E-state index in [1.165, 1.54) is 7.11 Å². The maximum Gasteiger partial charge on any atom is 0.308 e. The van der Waals surface area contributed by atoms with Crippen molar-refractivity contribution in [1.82, 2.24) is 4.98 Å². The van der Waals surface area contributed by atoms with Crippen LogP contribution < -0.4 is 4.90 Å². The summed E-state index contributed by atoms with van der Waals surface area (Å²) in [6, 6.07) is 2.05. The summed E-state index contributed by atoms with van der Waals surface area (Å²) in [6.07, 6.45) is 5.31. The van der Waals surface area contributed by atoms with Crippen molar-refractivity contribution in [3.8, 4) is 0 Å². The van der Waals surface area contributed by atoms with E-state index in [9.17, 15) is 4.79 Å². The van der Waals surface area contributed by atoms with Gasteiger partial charge in [-0.15, -0.1) is 0 Å². The molecule has 0 spiro atoms. The van der Waals surface area contributed by atoms with Crippen LogP contribution >= 0.6 is 15.9 Å². The molecule has 2 rings (SSSR count). The zero-order valence-electron chi connectivity index (χ0n) is 9.73. The number of rotatable bonds is 2. The number of pyridine rings is 1. The minimum absolute atomic E-state index is 0.0522. The number of methoxy groups -OCH3 is 1. The first-order chi connectivity index (χ1) is 8.20. The van der Waals surface area contributed by atoms with Crippen LogP contribution in [0.2, 0.25) is 0 Å². The highest BCUT2D eigenvalue weighted by Gasteiger charge is 2.25. The number of carbonyl (C=O) groups is 1. The van der Waals surface area contributed by atoms with Crippen molar-refractivity contribution in [2.45, 2.75) is 12.8 Å². The van der Waals surface area contributed by atoms with Gasteiger partial charge in [0.2, 0.25) is 0 Å². The topological polar surface area (TPSA) is 42.4 Å². The molecule has 1 aromatic rings. The highest BCUT2D eigenvalue weighted by molar-refractivity contribution is 9.10. The van der Waals surface area contributed by atoms with Gasteiger partial charge in [-0.25, -0.2) is 0 Å². The summed E-state index contributed by atoms with van der Waals surface area (Å²) in [6.45, 7) is 1.75. The summed E-state index contributed by atoms with van der Waals surface area (Å²) in [5, 5.41) is 0. The van der Waals surface area contributed by atoms with Crippen LogP contribution in [0, 0.1) is 5.92 Å². The van der Waals surface area contributed by atoms with Crippen LogP contribution in [0.5, 0.6) is 0 Å². The molecule has 2 heterocycles. The Hall–Kier alpha value is -1.10. The van der Waals surface area contributed by atoms with Crippen molar-refractivity contribution in [3.63, 3.8) is 0 Å². The Balaban J connectivity index is 1.97. The lowest BCUT2D eigenvalue weighted by molar-refractivity contribution is -0.146. The van der Waals surface area contributed by atoms with Gasteiger partial charge in [-0.05, 0) is 34.8 Å². The van der Waals surface area contributed by atoms with Gasteiger partial charge in [-0.3, -0.25) is 9.78 Å². The van der Waals surface area contributed by atoms with Crippen molar-refractivity contribution in [2.75, 3.05) is 25.1 Å². The molecule has 0 saturated carbocycles. The minimum Gasteiger partial charge on any atom is -0.469 e. The molecule has 0 unspecified atom stereocenters. The molecule has 5 heteroatoms. The largest absolute Gasteiger partial charge is 0.469 e. The first-order valence-corrected chi connectivity index (χ1v) is 6.43. The van der Waals surface area contributed by atoms with E-state index in [0.717, 1.165) is 36.1 Å². The summed E-state index contributed by atoms with van der Waals surface area (Å²) < 4.78 is 5.75. The Morgan fingerprint density at radius 1 is 1.47 bits per heavy atom. The number of hydrogen-bond donors (Lipinski definition) is 0. The Morgan fingerprint density at radius 3 is 2.76 bits per heavy atom. The van der Waals surface area contributed by atoms with Crippen LogP contribution in [0.25, 0.3) is 0 Å². The number of esters is 1. The molecule has 4 nitrogen and oxygen atoms in total. The van der Waals surface area contributed by atoms with Gasteiger partial charge in [0, 0.05) is 23.8 Å². The number of nitrogens with zero attached hydrogens (tertiary/aromatic N) is 2. The van der Waals surface area contributed by atoms with E-state index in [1.54, 1.807) is 6.20 Å². The SMILES string of the molecule is COC(=O)C1CCN(c2cncc(Br)c2)CC1. The Kier molecular flexibility index (Phi) is 3.99. The van der Waals surface area contributed by atoms with E-state index in [0.29, 0.717) is 0 Å². The van der Waals surface area contributed by atoms with Gasteiger partial charge in [0.05, 0.1) is 24.9 Å². The highest BCUT2D eigenvalue weighted by Crippen LogP contribution is 2.25. The zero-order valence-corrected chi connectivity index (χ0v) is 11.3. The standard InChI is InChI=1S/C12H15BrN2O2/c1-17-12(16)9-2-4-15(5-3-9)11-6-10(13)7-14-8-11/h6-9H,2-5H2,1H3. The lowest BCUT2D eigenvalue weighted by Crippen LogP contribution is -2.36. The Labute approximate surface area is 109 Å². The zero-order chi connectivity index (χ0) is 12.3. The number of carbonyl (C=O) groups excluding carboxylic acids is 1. The number of aromatic nitrogens is 1. The molecule has 0 aromatic carbocycles. The fraction of sp³-hybridized carbons (Fsp3) is 0.500. The van der Waals surface area contributed by atoms with Gasteiger partial charge in [0.15, 0.2) is 0 Å². The maximum absolute atomic E-state index is 11.4. The molecular formula is C12H15BrN2O2. The third-order valence-corrected chi connectivity index (χ3v) is 3.52. The average Bonchev–Trinajstić information content (AvgIpc) is 2.38. The molecule has 92 valence electrons. The highest BCUT2D eigenvalue weighted by atomic mass is 79.9. The van der Waals surface area contributed by atoms with Gasteiger partial charge in [0.1, 0.15) is 0 Å².